The third-order valence-corrected chi connectivity index (χ3v) is 7.01. The Morgan fingerprint density at radius 3 is 2.56 bits per heavy atom. The predicted molar refractivity (Wildman–Crippen MR) is 109 cm³/mol. The highest BCUT2D eigenvalue weighted by molar-refractivity contribution is 5.53. The molecule has 2 aromatic rings. The Bertz CT molecular complexity index is 797. The first-order chi connectivity index (χ1) is 13.2. The van der Waals surface area contributed by atoms with Crippen LogP contribution >= 0.6 is 0 Å². The lowest BCUT2D eigenvalue weighted by Crippen LogP contribution is -2.51. The summed E-state index contributed by atoms with van der Waals surface area (Å²) >= 11 is 0. The van der Waals surface area contributed by atoms with Gasteiger partial charge in [0.1, 0.15) is 5.82 Å². The minimum Gasteiger partial charge on any atom is -0.369 e. The molecule has 3 fully saturated rings. The van der Waals surface area contributed by atoms with Gasteiger partial charge in [0.2, 0.25) is 5.95 Å². The van der Waals surface area contributed by atoms with Crippen LogP contribution in [-0.2, 0) is 6.42 Å². The van der Waals surface area contributed by atoms with Gasteiger partial charge in [0.25, 0.3) is 0 Å². The van der Waals surface area contributed by atoms with Crippen molar-refractivity contribution in [1.82, 2.24) is 14.9 Å². The minimum atomic E-state index is 0.330. The van der Waals surface area contributed by atoms with Crippen LogP contribution in [0.2, 0.25) is 0 Å². The molecule has 1 aliphatic carbocycles. The average molecular weight is 364 g/mol. The first kappa shape index (κ1) is 17.0. The van der Waals surface area contributed by atoms with Gasteiger partial charge in [-0.2, -0.15) is 4.98 Å². The van der Waals surface area contributed by atoms with Crippen LogP contribution in [0, 0.1) is 5.41 Å². The lowest BCUT2D eigenvalue weighted by molar-refractivity contribution is 0.0360. The fourth-order valence-electron chi connectivity index (χ4n) is 5.26. The molecule has 1 unspecified atom stereocenters. The molecule has 4 aliphatic rings. The molecular weight excluding hydrogens is 334 g/mol. The molecule has 4 heterocycles. The van der Waals surface area contributed by atoms with E-state index >= 15 is 0 Å². The monoisotopic (exact) mass is 363 g/mol. The second-order valence-electron chi connectivity index (χ2n) is 8.59. The van der Waals surface area contributed by atoms with Crippen molar-refractivity contribution >= 4 is 11.8 Å². The molecule has 0 amide bonds. The van der Waals surface area contributed by atoms with E-state index in [1.165, 1.54) is 56.4 Å². The standard InChI is InChI=1S/C22H29N5/c23-21-25-19-17(16-5-2-1-3-6-16)7-4-8-18(19)20(26-21)24-15-22-9-12-27(13-10-22)14-11-22/h1-3,5-6,17H,4,7-15H2,(H3,23,24,25,26). The molecule has 3 N–H and O–H groups in total. The number of aromatic nitrogens is 2. The zero-order valence-corrected chi connectivity index (χ0v) is 16.0. The highest BCUT2D eigenvalue weighted by Gasteiger charge is 2.39. The largest absolute Gasteiger partial charge is 0.369 e. The molecule has 1 atom stereocenters. The zero-order valence-electron chi connectivity index (χ0n) is 16.0. The van der Waals surface area contributed by atoms with Crippen LogP contribution in [-0.4, -0.2) is 41.0 Å². The van der Waals surface area contributed by atoms with E-state index in [2.05, 4.69) is 45.5 Å². The van der Waals surface area contributed by atoms with E-state index in [1.54, 1.807) is 0 Å². The van der Waals surface area contributed by atoms with Gasteiger partial charge in [0, 0.05) is 18.0 Å². The fourth-order valence-corrected chi connectivity index (χ4v) is 5.26. The van der Waals surface area contributed by atoms with Crippen LogP contribution in [0.25, 0.3) is 0 Å². The number of piperidine rings is 3. The van der Waals surface area contributed by atoms with Crippen molar-refractivity contribution < 1.29 is 0 Å². The Kier molecular flexibility index (Phi) is 4.27. The van der Waals surface area contributed by atoms with Crippen molar-refractivity contribution in [2.24, 2.45) is 5.41 Å². The summed E-state index contributed by atoms with van der Waals surface area (Å²) in [6.45, 7) is 4.77. The van der Waals surface area contributed by atoms with Crippen LogP contribution in [0.4, 0.5) is 11.8 Å². The Morgan fingerprint density at radius 1 is 1.07 bits per heavy atom. The van der Waals surface area contributed by atoms with Crippen molar-refractivity contribution in [1.29, 1.82) is 0 Å². The lowest BCUT2D eigenvalue weighted by atomic mass is 9.72. The van der Waals surface area contributed by atoms with Gasteiger partial charge in [-0.3, -0.25) is 0 Å². The third kappa shape index (κ3) is 3.18. The van der Waals surface area contributed by atoms with Gasteiger partial charge >= 0.3 is 0 Å². The van der Waals surface area contributed by atoms with Crippen molar-refractivity contribution in [2.45, 2.75) is 44.4 Å². The molecule has 1 aromatic carbocycles. The van der Waals surface area contributed by atoms with Crippen LogP contribution in [0.1, 0.15) is 54.8 Å². The maximum Gasteiger partial charge on any atom is 0.222 e. The number of nitrogens with one attached hydrogen (secondary N) is 1. The number of nitrogen functional groups attached to an aromatic ring is 1. The highest BCUT2D eigenvalue weighted by atomic mass is 15.2. The molecule has 27 heavy (non-hydrogen) atoms. The van der Waals surface area contributed by atoms with Gasteiger partial charge in [-0.1, -0.05) is 30.3 Å². The smallest absolute Gasteiger partial charge is 0.222 e. The van der Waals surface area contributed by atoms with Crippen molar-refractivity contribution in [3.8, 4) is 0 Å². The average Bonchev–Trinajstić information content (AvgIpc) is 2.73. The van der Waals surface area contributed by atoms with E-state index in [1.807, 2.05) is 0 Å². The van der Waals surface area contributed by atoms with Crippen LogP contribution in [0.15, 0.2) is 30.3 Å². The van der Waals surface area contributed by atoms with Gasteiger partial charge in [0.15, 0.2) is 0 Å². The number of anilines is 2. The van der Waals surface area contributed by atoms with Crippen LogP contribution in [0.5, 0.6) is 0 Å². The number of benzene rings is 1. The summed E-state index contributed by atoms with van der Waals surface area (Å²) in [5.74, 6) is 1.72. The second kappa shape index (κ2) is 6.79. The second-order valence-corrected chi connectivity index (χ2v) is 8.59. The van der Waals surface area contributed by atoms with E-state index in [4.69, 9.17) is 10.7 Å². The number of fused-ring (bicyclic) bond motifs is 4. The molecule has 5 nitrogen and oxygen atoms in total. The molecule has 0 saturated carbocycles. The first-order valence-electron chi connectivity index (χ1n) is 10.4. The molecule has 2 bridgehead atoms. The molecular formula is C22H29N5. The summed E-state index contributed by atoms with van der Waals surface area (Å²) in [6.07, 6.45) is 7.25. The van der Waals surface area contributed by atoms with Crippen molar-refractivity contribution in [3.05, 3.63) is 47.2 Å². The maximum atomic E-state index is 6.14. The van der Waals surface area contributed by atoms with Gasteiger partial charge < -0.3 is 16.0 Å². The summed E-state index contributed by atoms with van der Waals surface area (Å²) in [5.41, 5.74) is 10.3. The normalized spacial score (nSPS) is 29.3. The molecule has 1 aromatic heterocycles. The van der Waals surface area contributed by atoms with Crippen LogP contribution in [0.3, 0.4) is 0 Å². The third-order valence-electron chi connectivity index (χ3n) is 7.01. The molecule has 3 aliphatic heterocycles. The van der Waals surface area contributed by atoms with Gasteiger partial charge in [-0.15, -0.1) is 0 Å². The Labute approximate surface area is 161 Å². The molecule has 0 spiro atoms. The summed E-state index contributed by atoms with van der Waals surface area (Å²) in [6, 6.07) is 10.7. The van der Waals surface area contributed by atoms with E-state index in [9.17, 15) is 0 Å². The van der Waals surface area contributed by atoms with Gasteiger partial charge in [0.05, 0.1) is 5.69 Å². The minimum absolute atomic E-state index is 0.330. The van der Waals surface area contributed by atoms with E-state index in [0.717, 1.165) is 30.9 Å². The highest BCUT2D eigenvalue weighted by Crippen LogP contribution is 2.42. The van der Waals surface area contributed by atoms with Crippen molar-refractivity contribution in [2.75, 3.05) is 37.2 Å². The number of nitrogens with two attached hydrogens (primary N) is 1. The lowest BCUT2D eigenvalue weighted by Gasteiger charge is -2.48. The molecule has 5 heteroatoms. The number of rotatable bonds is 4. The fraction of sp³-hybridized carbons (Fsp3) is 0.545. The summed E-state index contributed by atoms with van der Waals surface area (Å²) < 4.78 is 0. The van der Waals surface area contributed by atoms with E-state index in [-0.39, 0.29) is 0 Å². The number of hydrogen-bond acceptors (Lipinski definition) is 5. The zero-order chi connectivity index (χ0) is 18.3. The van der Waals surface area contributed by atoms with E-state index in [0.29, 0.717) is 17.3 Å². The maximum absolute atomic E-state index is 6.14. The quantitative estimate of drug-likeness (QED) is 0.871. The molecule has 142 valence electrons. The Hall–Kier alpha value is -2.14. The summed E-state index contributed by atoms with van der Waals surface area (Å²) in [4.78, 5) is 11.9. The van der Waals surface area contributed by atoms with Gasteiger partial charge in [-0.25, -0.2) is 4.98 Å². The molecule has 6 rings (SSSR count). The predicted octanol–water partition coefficient (Wildman–Crippen LogP) is 3.42. The summed E-state index contributed by atoms with van der Waals surface area (Å²) in [5, 5.41) is 3.72. The Balaban J connectivity index is 1.43. The number of nitrogens with zero attached hydrogens (tertiary/aromatic N) is 3. The molecule has 0 radical (unpaired) electrons. The Morgan fingerprint density at radius 2 is 1.81 bits per heavy atom. The first-order valence-corrected chi connectivity index (χ1v) is 10.4. The molecule has 3 saturated heterocycles. The number of hydrogen-bond donors (Lipinski definition) is 2. The van der Waals surface area contributed by atoms with Crippen molar-refractivity contribution in [3.63, 3.8) is 0 Å². The summed E-state index contributed by atoms with van der Waals surface area (Å²) in [7, 11) is 0. The van der Waals surface area contributed by atoms with E-state index < -0.39 is 0 Å². The van der Waals surface area contributed by atoms with Gasteiger partial charge in [-0.05, 0) is 69.1 Å². The topological polar surface area (TPSA) is 67.1 Å². The van der Waals surface area contributed by atoms with Crippen LogP contribution < -0.4 is 11.1 Å². The SMILES string of the molecule is Nc1nc(NCC23CCN(CC2)CC3)c2c(n1)C(c1ccccc1)CCC2.